The Labute approximate surface area is 294 Å². The molecule has 0 radical (unpaired) electrons. The molecule has 0 N–H and O–H groups in total. The molecule has 1 aromatic rings. The Kier molecular flexibility index (Phi) is 31.2. The topological polar surface area (TPSA) is 21.7 Å². The first-order chi connectivity index (χ1) is 23.2. The smallest absolute Gasteiger partial charge is 0.163 e. The minimum atomic E-state index is 0.767. The van der Waals surface area contributed by atoms with E-state index >= 15 is 0 Å². The fraction of sp³-hybridized carbons (Fsp3) is 0.773. The minimum Gasteiger partial charge on any atom is -0.490 e. The summed E-state index contributed by atoms with van der Waals surface area (Å²) in [5.41, 5.74) is 1.16. The lowest BCUT2D eigenvalue weighted by Crippen LogP contribution is -2.09. The van der Waals surface area contributed by atoms with E-state index < -0.39 is 0 Å². The van der Waals surface area contributed by atoms with Gasteiger partial charge < -0.3 is 14.4 Å². The Balaban J connectivity index is 2.08. The molecule has 0 bridgehead atoms. The van der Waals surface area contributed by atoms with Crippen LogP contribution in [0.2, 0.25) is 0 Å². The number of hydrogen-bond acceptors (Lipinski definition) is 3. The van der Waals surface area contributed by atoms with Crippen molar-refractivity contribution in [1.82, 2.24) is 0 Å². The van der Waals surface area contributed by atoms with E-state index in [1.165, 1.54) is 167 Å². The Morgan fingerprint density at radius 1 is 0.426 bits per heavy atom. The van der Waals surface area contributed by atoms with Crippen LogP contribution in [-0.4, -0.2) is 27.3 Å². The average molecular weight is 654 g/mol. The van der Waals surface area contributed by atoms with Crippen LogP contribution in [0.4, 0.5) is 5.69 Å². The maximum Gasteiger partial charge on any atom is 0.163 e. The number of hydrogen-bond donors (Lipinski definition) is 0. The van der Waals surface area contributed by atoms with E-state index in [-0.39, 0.29) is 0 Å². The Hall–Kier alpha value is -1.90. The number of rotatable bonds is 35. The standard InChI is InChI=1S/C44H79NO2/c1-5-7-9-11-13-15-17-19-21-23-25-27-29-31-33-35-39-46-43-38-37-42(45(3)4)41-44(43)47-40-36-34-32-30-28-26-24-22-20-18-16-14-12-10-8-6-2/h19-22,37-38,41H,5-18,23-36,39-40H2,1-4H3/b21-19-,22-20-. The number of allylic oxidation sites excluding steroid dienone is 4. The average Bonchev–Trinajstić information content (AvgIpc) is 3.07. The molecule has 0 heterocycles. The molecule has 0 saturated carbocycles. The number of benzene rings is 1. The van der Waals surface area contributed by atoms with Crippen LogP contribution in [0.15, 0.2) is 42.5 Å². The second kappa shape index (κ2) is 34.0. The predicted octanol–water partition coefficient (Wildman–Crippen LogP) is 14.6. The van der Waals surface area contributed by atoms with Crippen LogP contribution in [0.1, 0.15) is 194 Å². The molecule has 0 spiro atoms. The van der Waals surface area contributed by atoms with E-state index in [4.69, 9.17) is 9.47 Å². The van der Waals surface area contributed by atoms with Crippen molar-refractivity contribution in [3.05, 3.63) is 42.5 Å². The maximum absolute atomic E-state index is 6.26. The van der Waals surface area contributed by atoms with Crippen molar-refractivity contribution in [3.63, 3.8) is 0 Å². The van der Waals surface area contributed by atoms with E-state index in [2.05, 4.69) is 75.3 Å². The zero-order valence-electron chi connectivity index (χ0n) is 32.0. The van der Waals surface area contributed by atoms with Gasteiger partial charge in [-0.1, -0.05) is 154 Å². The Morgan fingerprint density at radius 2 is 0.766 bits per heavy atom. The molecule has 0 amide bonds. The molecule has 0 aliphatic rings. The lowest BCUT2D eigenvalue weighted by molar-refractivity contribution is 0.258. The van der Waals surface area contributed by atoms with Crippen molar-refractivity contribution in [2.75, 3.05) is 32.2 Å². The molecule has 3 heteroatoms. The van der Waals surface area contributed by atoms with Gasteiger partial charge in [-0.05, 0) is 76.3 Å². The molecule has 0 unspecified atom stereocenters. The first kappa shape index (κ1) is 43.1. The quantitative estimate of drug-likeness (QED) is 0.0537. The van der Waals surface area contributed by atoms with Gasteiger partial charge in [0.15, 0.2) is 11.5 Å². The lowest BCUT2D eigenvalue weighted by Gasteiger charge is -2.17. The molecule has 0 aliphatic heterocycles. The van der Waals surface area contributed by atoms with Gasteiger partial charge in [0.1, 0.15) is 0 Å². The van der Waals surface area contributed by atoms with Crippen molar-refractivity contribution in [2.24, 2.45) is 0 Å². The van der Waals surface area contributed by atoms with Crippen LogP contribution in [-0.2, 0) is 0 Å². The number of unbranched alkanes of at least 4 members (excludes halogenated alkanes) is 24. The molecule has 0 aliphatic carbocycles. The van der Waals surface area contributed by atoms with Crippen LogP contribution in [0, 0.1) is 0 Å². The molecule has 0 atom stereocenters. The van der Waals surface area contributed by atoms with Crippen LogP contribution in [0.3, 0.4) is 0 Å². The molecular formula is C44H79NO2. The Morgan fingerprint density at radius 3 is 1.15 bits per heavy atom. The van der Waals surface area contributed by atoms with Gasteiger partial charge in [-0.3, -0.25) is 0 Å². The van der Waals surface area contributed by atoms with Crippen molar-refractivity contribution in [2.45, 2.75) is 194 Å². The summed E-state index contributed by atoms with van der Waals surface area (Å²) in [6, 6.07) is 6.36. The zero-order valence-corrected chi connectivity index (χ0v) is 32.0. The largest absolute Gasteiger partial charge is 0.490 e. The van der Waals surface area contributed by atoms with E-state index in [1.54, 1.807) is 0 Å². The third kappa shape index (κ3) is 27.7. The molecule has 3 nitrogen and oxygen atoms in total. The summed E-state index contributed by atoms with van der Waals surface area (Å²) in [5.74, 6) is 1.79. The third-order valence-electron chi connectivity index (χ3n) is 9.27. The predicted molar refractivity (Wildman–Crippen MR) is 211 cm³/mol. The number of anilines is 1. The zero-order chi connectivity index (χ0) is 33.9. The van der Waals surface area contributed by atoms with Gasteiger partial charge in [0.25, 0.3) is 0 Å². The van der Waals surface area contributed by atoms with Gasteiger partial charge in [-0.25, -0.2) is 0 Å². The van der Waals surface area contributed by atoms with Crippen molar-refractivity contribution in [1.29, 1.82) is 0 Å². The fourth-order valence-corrected chi connectivity index (χ4v) is 6.07. The summed E-state index contributed by atoms with van der Waals surface area (Å²) in [7, 11) is 4.16. The summed E-state index contributed by atoms with van der Waals surface area (Å²) in [5, 5.41) is 0. The highest BCUT2D eigenvalue weighted by molar-refractivity contribution is 5.55. The second-order valence-corrected chi connectivity index (χ2v) is 14.1. The van der Waals surface area contributed by atoms with Crippen LogP contribution < -0.4 is 14.4 Å². The Bertz CT molecular complexity index is 845. The first-order valence-electron chi connectivity index (χ1n) is 20.6. The van der Waals surface area contributed by atoms with E-state index in [0.29, 0.717) is 0 Å². The summed E-state index contributed by atoms with van der Waals surface area (Å²) < 4.78 is 12.5. The second-order valence-electron chi connectivity index (χ2n) is 14.1. The molecule has 0 saturated heterocycles. The highest BCUT2D eigenvalue weighted by Gasteiger charge is 2.08. The van der Waals surface area contributed by atoms with Crippen LogP contribution >= 0.6 is 0 Å². The molecule has 47 heavy (non-hydrogen) atoms. The monoisotopic (exact) mass is 654 g/mol. The van der Waals surface area contributed by atoms with Gasteiger partial charge in [-0.2, -0.15) is 0 Å². The molecule has 272 valence electrons. The van der Waals surface area contributed by atoms with E-state index in [1.807, 2.05) is 0 Å². The first-order valence-corrected chi connectivity index (χ1v) is 20.6. The highest BCUT2D eigenvalue weighted by Crippen LogP contribution is 2.32. The van der Waals surface area contributed by atoms with Crippen molar-refractivity contribution >= 4 is 5.69 Å². The lowest BCUT2D eigenvalue weighted by atomic mass is 10.1. The summed E-state index contributed by atoms with van der Waals surface area (Å²) in [6.45, 7) is 6.11. The molecular weight excluding hydrogens is 574 g/mol. The summed E-state index contributed by atoms with van der Waals surface area (Å²) >= 11 is 0. The van der Waals surface area contributed by atoms with Gasteiger partial charge in [-0.15, -0.1) is 0 Å². The van der Waals surface area contributed by atoms with E-state index in [0.717, 1.165) is 43.2 Å². The van der Waals surface area contributed by atoms with Crippen molar-refractivity contribution < 1.29 is 9.47 Å². The van der Waals surface area contributed by atoms with Gasteiger partial charge in [0, 0.05) is 25.8 Å². The third-order valence-corrected chi connectivity index (χ3v) is 9.27. The van der Waals surface area contributed by atoms with Gasteiger partial charge in [0.05, 0.1) is 13.2 Å². The van der Waals surface area contributed by atoms with Gasteiger partial charge in [0.2, 0.25) is 0 Å². The number of ether oxygens (including phenoxy) is 2. The number of nitrogens with zero attached hydrogens (tertiary/aromatic N) is 1. The van der Waals surface area contributed by atoms with Crippen LogP contribution in [0.5, 0.6) is 11.5 Å². The van der Waals surface area contributed by atoms with Gasteiger partial charge >= 0.3 is 0 Å². The van der Waals surface area contributed by atoms with E-state index in [9.17, 15) is 0 Å². The summed E-state index contributed by atoms with van der Waals surface area (Å²) in [6.07, 6.45) is 46.8. The normalized spacial score (nSPS) is 11.7. The summed E-state index contributed by atoms with van der Waals surface area (Å²) in [4.78, 5) is 2.13. The molecule has 0 fully saturated rings. The fourth-order valence-electron chi connectivity index (χ4n) is 6.07. The van der Waals surface area contributed by atoms with Crippen LogP contribution in [0.25, 0.3) is 0 Å². The molecule has 1 rings (SSSR count). The maximum atomic E-state index is 6.26. The SMILES string of the molecule is CCCCCCCC/C=C\CCCCCCCCOc1ccc(N(C)C)cc1OCCCCCCCC/C=C\CCCCCCCC. The molecule has 1 aromatic carbocycles. The minimum absolute atomic E-state index is 0.767. The van der Waals surface area contributed by atoms with Crippen molar-refractivity contribution in [3.8, 4) is 11.5 Å². The highest BCUT2D eigenvalue weighted by atomic mass is 16.5. The molecule has 0 aromatic heterocycles.